The molecule has 0 aliphatic rings. The zero-order valence-corrected chi connectivity index (χ0v) is 15.3. The van der Waals surface area contributed by atoms with E-state index in [2.05, 4.69) is 18.3 Å². The minimum Gasteiger partial charge on any atom is -0.325 e. The molecule has 2 rings (SSSR count). The zero-order chi connectivity index (χ0) is 16.8. The maximum absolute atomic E-state index is 12.7. The number of carbonyl (C=O) groups excluding carboxylic acids is 1. The summed E-state index contributed by atoms with van der Waals surface area (Å²) < 4.78 is 0. The molecule has 0 aliphatic heterocycles. The molecule has 0 saturated carbocycles. The van der Waals surface area contributed by atoms with Crippen molar-refractivity contribution in [3.05, 3.63) is 58.6 Å². The van der Waals surface area contributed by atoms with Crippen molar-refractivity contribution in [1.29, 1.82) is 0 Å². The van der Waals surface area contributed by atoms with E-state index in [1.165, 1.54) is 5.56 Å². The molecule has 0 radical (unpaired) electrons. The number of rotatable bonds is 6. The second-order valence-electron chi connectivity index (χ2n) is 5.42. The fraction of sp³-hybridized carbons (Fsp3) is 0.316. The fourth-order valence-electron chi connectivity index (χ4n) is 2.41. The molecule has 0 bridgehead atoms. The van der Waals surface area contributed by atoms with Crippen molar-refractivity contribution in [3.63, 3.8) is 0 Å². The van der Waals surface area contributed by atoms with Crippen LogP contribution in [0.3, 0.4) is 0 Å². The highest BCUT2D eigenvalue weighted by molar-refractivity contribution is 8.00. The summed E-state index contributed by atoms with van der Waals surface area (Å²) in [5.74, 6) is 0.0523. The molecule has 2 aromatic carbocycles. The van der Waals surface area contributed by atoms with E-state index >= 15 is 0 Å². The standard InChI is InChI=1S/C19H22ClNOS/c1-4-14-8-6-7-13(3)18(14)21-19(22)17(5-2)23-16-11-9-15(20)10-12-16/h6-12,17H,4-5H2,1-3H3,(H,21,22). The van der Waals surface area contributed by atoms with Crippen LogP contribution < -0.4 is 5.32 Å². The normalized spacial score (nSPS) is 12.0. The molecular weight excluding hydrogens is 326 g/mol. The van der Waals surface area contributed by atoms with E-state index in [4.69, 9.17) is 11.6 Å². The zero-order valence-electron chi connectivity index (χ0n) is 13.7. The average molecular weight is 348 g/mol. The van der Waals surface area contributed by atoms with Crippen LogP contribution in [-0.2, 0) is 11.2 Å². The predicted molar refractivity (Wildman–Crippen MR) is 101 cm³/mol. The molecule has 1 unspecified atom stereocenters. The van der Waals surface area contributed by atoms with Gasteiger partial charge in [-0.2, -0.15) is 0 Å². The van der Waals surface area contributed by atoms with Crippen LogP contribution in [0, 0.1) is 6.92 Å². The number of nitrogens with one attached hydrogen (secondary N) is 1. The molecule has 23 heavy (non-hydrogen) atoms. The molecule has 0 spiro atoms. The summed E-state index contributed by atoms with van der Waals surface area (Å²) >= 11 is 7.49. The highest BCUT2D eigenvalue weighted by Gasteiger charge is 2.19. The summed E-state index contributed by atoms with van der Waals surface area (Å²) in [6.45, 7) is 6.16. The maximum Gasteiger partial charge on any atom is 0.237 e. The van der Waals surface area contributed by atoms with E-state index < -0.39 is 0 Å². The third kappa shape index (κ3) is 4.76. The van der Waals surface area contributed by atoms with E-state index in [-0.39, 0.29) is 11.2 Å². The number of halogens is 1. The van der Waals surface area contributed by atoms with Gasteiger partial charge in [0.05, 0.1) is 5.25 Å². The van der Waals surface area contributed by atoms with Crippen molar-refractivity contribution in [2.45, 2.75) is 43.8 Å². The summed E-state index contributed by atoms with van der Waals surface area (Å²) in [7, 11) is 0. The lowest BCUT2D eigenvalue weighted by Crippen LogP contribution is -2.25. The van der Waals surface area contributed by atoms with Crippen LogP contribution in [0.4, 0.5) is 5.69 Å². The molecular formula is C19H22ClNOS. The molecule has 1 atom stereocenters. The van der Waals surface area contributed by atoms with Crippen molar-refractivity contribution >= 4 is 35.0 Å². The Bertz CT molecular complexity index is 670. The third-order valence-corrected chi connectivity index (χ3v) is 5.37. The number of carbonyl (C=O) groups is 1. The van der Waals surface area contributed by atoms with Gasteiger partial charge in [0.1, 0.15) is 0 Å². The molecule has 2 aromatic rings. The SMILES string of the molecule is CCc1cccc(C)c1NC(=O)C(CC)Sc1ccc(Cl)cc1. The van der Waals surface area contributed by atoms with Crippen molar-refractivity contribution in [2.24, 2.45) is 0 Å². The summed E-state index contributed by atoms with van der Waals surface area (Å²) in [6.07, 6.45) is 1.67. The minimum atomic E-state index is -0.125. The van der Waals surface area contributed by atoms with Gasteiger partial charge >= 0.3 is 0 Å². The molecule has 0 saturated heterocycles. The first-order valence-corrected chi connectivity index (χ1v) is 9.12. The van der Waals surface area contributed by atoms with Gasteiger partial charge in [0.15, 0.2) is 0 Å². The highest BCUT2D eigenvalue weighted by atomic mass is 35.5. The molecule has 1 amide bonds. The van der Waals surface area contributed by atoms with Crippen molar-refractivity contribution in [1.82, 2.24) is 0 Å². The second kappa shape index (κ2) is 8.42. The number of amides is 1. The van der Waals surface area contributed by atoms with Crippen LogP contribution in [0.5, 0.6) is 0 Å². The van der Waals surface area contributed by atoms with Gasteiger partial charge in [-0.3, -0.25) is 4.79 Å². The van der Waals surface area contributed by atoms with Gasteiger partial charge in [-0.1, -0.05) is 43.6 Å². The molecule has 4 heteroatoms. The minimum absolute atomic E-state index is 0.0523. The van der Waals surface area contributed by atoms with Gasteiger partial charge in [-0.05, 0) is 55.2 Å². The van der Waals surface area contributed by atoms with Gasteiger partial charge in [0.25, 0.3) is 0 Å². The Morgan fingerprint density at radius 1 is 1.17 bits per heavy atom. The van der Waals surface area contributed by atoms with Gasteiger partial charge in [0.2, 0.25) is 5.91 Å². The lowest BCUT2D eigenvalue weighted by molar-refractivity contribution is -0.115. The van der Waals surface area contributed by atoms with Crippen molar-refractivity contribution in [2.75, 3.05) is 5.32 Å². The maximum atomic E-state index is 12.7. The van der Waals surface area contributed by atoms with E-state index in [1.54, 1.807) is 11.8 Å². The van der Waals surface area contributed by atoms with Crippen LogP contribution in [0.1, 0.15) is 31.4 Å². The first-order valence-electron chi connectivity index (χ1n) is 7.86. The van der Waals surface area contributed by atoms with Crippen LogP contribution >= 0.6 is 23.4 Å². The molecule has 122 valence electrons. The summed E-state index contributed by atoms with van der Waals surface area (Å²) in [6, 6.07) is 13.7. The van der Waals surface area contributed by atoms with E-state index in [9.17, 15) is 4.79 Å². The Balaban J connectivity index is 2.13. The average Bonchev–Trinajstić information content (AvgIpc) is 2.56. The van der Waals surface area contributed by atoms with Crippen molar-refractivity contribution < 1.29 is 4.79 Å². The fourth-order valence-corrected chi connectivity index (χ4v) is 3.49. The first kappa shape index (κ1) is 17.9. The molecule has 2 nitrogen and oxygen atoms in total. The topological polar surface area (TPSA) is 29.1 Å². The summed E-state index contributed by atoms with van der Waals surface area (Å²) in [5.41, 5.74) is 3.23. The number of hydrogen-bond donors (Lipinski definition) is 1. The smallest absolute Gasteiger partial charge is 0.237 e. The highest BCUT2D eigenvalue weighted by Crippen LogP contribution is 2.29. The number of para-hydroxylation sites is 1. The Kier molecular flexibility index (Phi) is 6.55. The van der Waals surface area contributed by atoms with Crippen molar-refractivity contribution in [3.8, 4) is 0 Å². The predicted octanol–water partition coefficient (Wildman–Crippen LogP) is 5.72. The lowest BCUT2D eigenvalue weighted by Gasteiger charge is -2.18. The molecule has 0 aliphatic carbocycles. The monoisotopic (exact) mass is 347 g/mol. The van der Waals surface area contributed by atoms with E-state index in [0.717, 1.165) is 29.0 Å². The molecule has 0 heterocycles. The molecule has 1 N–H and O–H groups in total. The Morgan fingerprint density at radius 3 is 2.48 bits per heavy atom. The van der Waals surface area contributed by atoms with Gasteiger partial charge in [0, 0.05) is 15.6 Å². The number of aryl methyl sites for hydroxylation is 2. The quantitative estimate of drug-likeness (QED) is 0.677. The lowest BCUT2D eigenvalue weighted by atomic mass is 10.1. The van der Waals surface area contributed by atoms with Gasteiger partial charge < -0.3 is 5.32 Å². The number of benzene rings is 2. The van der Waals surface area contributed by atoms with Crippen LogP contribution in [-0.4, -0.2) is 11.2 Å². The first-order chi connectivity index (χ1) is 11.0. The van der Waals surface area contributed by atoms with E-state index in [1.807, 2.05) is 50.2 Å². The summed E-state index contributed by atoms with van der Waals surface area (Å²) in [5, 5.41) is 3.71. The molecule has 0 fully saturated rings. The van der Waals surface area contributed by atoms with Crippen LogP contribution in [0.2, 0.25) is 5.02 Å². The summed E-state index contributed by atoms with van der Waals surface area (Å²) in [4.78, 5) is 13.7. The Morgan fingerprint density at radius 2 is 1.87 bits per heavy atom. The Hall–Kier alpha value is -1.45. The van der Waals surface area contributed by atoms with Gasteiger partial charge in [-0.15, -0.1) is 11.8 Å². The molecule has 0 aromatic heterocycles. The second-order valence-corrected chi connectivity index (χ2v) is 7.13. The third-order valence-electron chi connectivity index (χ3n) is 3.74. The van der Waals surface area contributed by atoms with Gasteiger partial charge in [-0.25, -0.2) is 0 Å². The number of anilines is 1. The Labute approximate surface area is 147 Å². The van der Waals surface area contributed by atoms with E-state index in [0.29, 0.717) is 5.02 Å². The number of thioether (sulfide) groups is 1. The number of hydrogen-bond acceptors (Lipinski definition) is 2. The largest absolute Gasteiger partial charge is 0.325 e. The van der Waals surface area contributed by atoms with Crippen LogP contribution in [0.15, 0.2) is 47.4 Å². The van der Waals surface area contributed by atoms with Crippen LogP contribution in [0.25, 0.3) is 0 Å².